The summed E-state index contributed by atoms with van der Waals surface area (Å²) in [7, 11) is 0. The van der Waals surface area contributed by atoms with Crippen molar-refractivity contribution in [2.24, 2.45) is 0 Å². The Morgan fingerprint density at radius 2 is 1.56 bits per heavy atom. The van der Waals surface area contributed by atoms with E-state index in [0.29, 0.717) is 0 Å². The van der Waals surface area contributed by atoms with Crippen molar-refractivity contribution < 1.29 is 9.72 Å². The highest BCUT2D eigenvalue weighted by atomic mass is 32.2. The molecule has 34 heavy (non-hydrogen) atoms. The number of fused-ring (bicyclic) bond motifs is 2. The van der Waals surface area contributed by atoms with Crippen molar-refractivity contribution in [1.82, 2.24) is 4.72 Å². The van der Waals surface area contributed by atoms with Crippen molar-refractivity contribution >= 4 is 29.2 Å². The summed E-state index contributed by atoms with van der Waals surface area (Å²) in [5.41, 5.74) is 7.90. The molecule has 176 valence electrons. The summed E-state index contributed by atoms with van der Waals surface area (Å²) in [5.74, 6) is -0.0567. The van der Waals surface area contributed by atoms with Gasteiger partial charge in [0.25, 0.3) is 5.69 Å². The Balaban J connectivity index is 0.000000336. The third kappa shape index (κ3) is 6.04. The van der Waals surface area contributed by atoms with Gasteiger partial charge in [-0.3, -0.25) is 19.6 Å². The molecule has 0 unspecified atom stereocenters. The van der Waals surface area contributed by atoms with Crippen molar-refractivity contribution in [3.05, 3.63) is 98.6 Å². The van der Waals surface area contributed by atoms with Gasteiger partial charge in [0, 0.05) is 22.7 Å². The molecule has 0 heterocycles. The minimum absolute atomic E-state index is 0.0567. The molecular formula is C27H29N3O3S. The van der Waals surface area contributed by atoms with E-state index in [-0.39, 0.29) is 18.1 Å². The molecule has 2 aliphatic rings. The van der Waals surface area contributed by atoms with Crippen LogP contribution in [0.4, 0.5) is 11.4 Å². The Hall–Kier alpha value is -3.16. The lowest BCUT2D eigenvalue weighted by molar-refractivity contribution is -0.384. The number of carbonyl (C=O) groups excluding carboxylic acids is 1. The lowest BCUT2D eigenvalue weighted by Gasteiger charge is -2.16. The number of hydrogen-bond acceptors (Lipinski definition) is 5. The van der Waals surface area contributed by atoms with Crippen LogP contribution in [0.1, 0.15) is 40.7 Å². The maximum absolute atomic E-state index is 12.5. The molecule has 5 rings (SSSR count). The second-order valence-electron chi connectivity index (χ2n) is 8.61. The van der Waals surface area contributed by atoms with Gasteiger partial charge < -0.3 is 5.32 Å². The van der Waals surface area contributed by atoms with Gasteiger partial charge in [-0.05, 0) is 91.8 Å². The summed E-state index contributed by atoms with van der Waals surface area (Å²) in [6.45, 7) is 2.26. The molecule has 3 aromatic rings. The molecule has 0 aliphatic heterocycles. The van der Waals surface area contributed by atoms with Gasteiger partial charge in [-0.2, -0.15) is 0 Å². The number of benzene rings is 3. The van der Waals surface area contributed by atoms with Crippen LogP contribution in [0.15, 0.2) is 65.6 Å². The summed E-state index contributed by atoms with van der Waals surface area (Å²) in [6, 6.07) is 18.9. The summed E-state index contributed by atoms with van der Waals surface area (Å²) in [4.78, 5) is 23.6. The molecule has 0 radical (unpaired) electrons. The van der Waals surface area contributed by atoms with Gasteiger partial charge in [0.15, 0.2) is 0 Å². The number of nitrogens with zero attached hydrogens (tertiary/aromatic N) is 1. The molecule has 0 saturated carbocycles. The van der Waals surface area contributed by atoms with E-state index in [0.717, 1.165) is 49.1 Å². The molecule has 0 bridgehead atoms. The van der Waals surface area contributed by atoms with E-state index >= 15 is 0 Å². The molecule has 0 saturated heterocycles. The Morgan fingerprint density at radius 1 is 0.941 bits per heavy atom. The molecule has 6 nitrogen and oxygen atoms in total. The minimum Gasteiger partial charge on any atom is -0.324 e. The van der Waals surface area contributed by atoms with Crippen molar-refractivity contribution in [2.75, 3.05) is 11.9 Å². The first-order valence-corrected chi connectivity index (χ1v) is 12.4. The molecule has 0 fully saturated rings. The number of anilines is 1. The number of non-ortho nitro benzene ring substituents is 1. The fourth-order valence-electron chi connectivity index (χ4n) is 4.51. The second kappa shape index (κ2) is 11.3. The highest BCUT2D eigenvalue weighted by Gasteiger charge is 2.24. The minimum atomic E-state index is -0.425. The summed E-state index contributed by atoms with van der Waals surface area (Å²) in [5, 5.41) is 13.8. The van der Waals surface area contributed by atoms with Crippen molar-refractivity contribution in [2.45, 2.75) is 50.3 Å². The van der Waals surface area contributed by atoms with Gasteiger partial charge in [0.2, 0.25) is 5.91 Å². The van der Waals surface area contributed by atoms with Crippen molar-refractivity contribution in [1.29, 1.82) is 0 Å². The molecule has 1 amide bonds. The smallest absolute Gasteiger partial charge is 0.269 e. The monoisotopic (exact) mass is 475 g/mol. The Morgan fingerprint density at radius 3 is 2.09 bits per heavy atom. The number of hydrogen-bond donors (Lipinski definition) is 2. The van der Waals surface area contributed by atoms with Crippen LogP contribution in [0.2, 0.25) is 0 Å². The van der Waals surface area contributed by atoms with Crippen LogP contribution in [-0.2, 0) is 30.5 Å². The first kappa shape index (κ1) is 24.0. The number of nitro benzene ring substituents is 1. The molecular weight excluding hydrogens is 446 g/mol. The quantitative estimate of drug-likeness (QED) is 0.267. The maximum Gasteiger partial charge on any atom is 0.269 e. The Labute approximate surface area is 204 Å². The van der Waals surface area contributed by atoms with E-state index in [1.54, 1.807) is 12.1 Å². The molecule has 3 aromatic carbocycles. The first-order valence-electron chi connectivity index (χ1n) is 11.6. The lowest BCUT2D eigenvalue weighted by Crippen LogP contribution is -2.25. The van der Waals surface area contributed by atoms with Crippen LogP contribution in [0.5, 0.6) is 0 Å². The zero-order valence-electron chi connectivity index (χ0n) is 19.3. The zero-order valence-corrected chi connectivity index (χ0v) is 20.1. The molecule has 0 atom stereocenters. The number of rotatable bonds is 6. The largest absolute Gasteiger partial charge is 0.324 e. The molecule has 2 N–H and O–H groups in total. The van der Waals surface area contributed by atoms with Crippen molar-refractivity contribution in [3.63, 3.8) is 0 Å². The fraction of sp³-hybridized carbons (Fsp3) is 0.296. The normalized spacial score (nSPS) is 13.4. The van der Waals surface area contributed by atoms with Gasteiger partial charge in [-0.15, -0.1) is 0 Å². The number of carbonyl (C=O) groups is 1. The standard InChI is InChI=1S/C20H21N3O3S.C7H8/c24-19(12-21-27-16-9-7-15(8-10-16)23(25)26)22-20-17-5-1-3-13(17)11-14-4-2-6-18(14)20;1-7-5-3-2-4-6-7/h7-11,21H,1-6,12H2,(H,22,24);2-6H,1H3. The highest BCUT2D eigenvalue weighted by Crippen LogP contribution is 2.38. The summed E-state index contributed by atoms with van der Waals surface area (Å²) < 4.78 is 3.04. The van der Waals surface area contributed by atoms with Crippen LogP contribution in [-0.4, -0.2) is 17.4 Å². The van der Waals surface area contributed by atoms with Gasteiger partial charge in [0.05, 0.1) is 11.5 Å². The Kier molecular flexibility index (Phi) is 7.98. The summed E-state index contributed by atoms with van der Waals surface area (Å²) in [6.07, 6.45) is 6.64. The Bertz CT molecular complexity index is 1130. The van der Waals surface area contributed by atoms with Gasteiger partial charge in [-0.25, -0.2) is 0 Å². The fourth-order valence-corrected chi connectivity index (χ4v) is 5.15. The van der Waals surface area contributed by atoms with Crippen LogP contribution >= 0.6 is 11.9 Å². The number of amides is 1. The lowest BCUT2D eigenvalue weighted by atomic mass is 9.98. The first-order chi connectivity index (χ1) is 16.5. The van der Waals surface area contributed by atoms with Crippen molar-refractivity contribution in [3.8, 4) is 0 Å². The van der Waals surface area contributed by atoms with E-state index in [9.17, 15) is 14.9 Å². The predicted octanol–water partition coefficient (Wildman–Crippen LogP) is 5.80. The third-order valence-corrected chi connectivity index (χ3v) is 6.94. The average Bonchev–Trinajstić information content (AvgIpc) is 3.50. The number of aryl methyl sites for hydroxylation is 3. The van der Waals surface area contributed by atoms with E-state index in [2.05, 4.69) is 35.2 Å². The molecule has 0 spiro atoms. The second-order valence-corrected chi connectivity index (χ2v) is 9.58. The third-order valence-electron chi connectivity index (χ3n) is 6.15. The average molecular weight is 476 g/mol. The zero-order chi connectivity index (χ0) is 23.9. The molecule has 0 aromatic heterocycles. The van der Waals surface area contributed by atoms with Crippen LogP contribution in [0.25, 0.3) is 0 Å². The van der Waals surface area contributed by atoms with E-state index in [1.807, 2.05) is 18.2 Å². The van der Waals surface area contributed by atoms with E-state index < -0.39 is 4.92 Å². The molecule has 7 heteroatoms. The van der Waals surface area contributed by atoms with Crippen LogP contribution < -0.4 is 10.0 Å². The van der Waals surface area contributed by atoms with E-state index in [4.69, 9.17) is 0 Å². The molecule has 2 aliphatic carbocycles. The number of nitro groups is 1. The van der Waals surface area contributed by atoms with Crippen LogP contribution in [0, 0.1) is 17.0 Å². The van der Waals surface area contributed by atoms with Gasteiger partial charge in [-0.1, -0.05) is 42.0 Å². The topological polar surface area (TPSA) is 84.3 Å². The van der Waals surface area contributed by atoms with Gasteiger partial charge in [0.1, 0.15) is 0 Å². The maximum atomic E-state index is 12.5. The summed E-state index contributed by atoms with van der Waals surface area (Å²) >= 11 is 1.30. The predicted molar refractivity (Wildman–Crippen MR) is 137 cm³/mol. The SMILES string of the molecule is Cc1ccccc1.O=C(CNSc1ccc([N+](=O)[O-])cc1)Nc1c2c(cc3c1CCC3)CCC2. The van der Waals surface area contributed by atoms with Crippen LogP contribution in [0.3, 0.4) is 0 Å². The van der Waals surface area contributed by atoms with Gasteiger partial charge >= 0.3 is 0 Å². The highest BCUT2D eigenvalue weighted by molar-refractivity contribution is 7.97. The van der Waals surface area contributed by atoms with E-state index in [1.165, 1.54) is 51.9 Å². The number of nitrogens with one attached hydrogen (secondary N) is 2.